The monoisotopic (exact) mass is 268 g/mol. The predicted molar refractivity (Wildman–Crippen MR) is 71.1 cm³/mol. The highest BCUT2D eigenvalue weighted by atomic mass is 16.5. The van der Waals surface area contributed by atoms with Gasteiger partial charge in [-0.25, -0.2) is 9.48 Å². The SMILES string of the molecule is CCn1nc(N2CCCC(O)C2)c(C(=O)OC)c1N. The molecule has 0 aliphatic carbocycles. The molecule has 1 saturated heterocycles. The molecule has 0 spiro atoms. The molecule has 7 heteroatoms. The van der Waals surface area contributed by atoms with Gasteiger partial charge in [0.15, 0.2) is 5.82 Å². The van der Waals surface area contributed by atoms with Crippen molar-refractivity contribution >= 4 is 17.6 Å². The van der Waals surface area contributed by atoms with E-state index in [9.17, 15) is 9.90 Å². The Kier molecular flexibility index (Phi) is 3.94. The van der Waals surface area contributed by atoms with Gasteiger partial charge >= 0.3 is 5.97 Å². The quantitative estimate of drug-likeness (QED) is 0.762. The summed E-state index contributed by atoms with van der Waals surface area (Å²) in [6, 6.07) is 0. The molecule has 0 aromatic carbocycles. The van der Waals surface area contributed by atoms with Crippen molar-refractivity contribution in [3.63, 3.8) is 0 Å². The van der Waals surface area contributed by atoms with Crippen molar-refractivity contribution in [3.8, 4) is 0 Å². The van der Waals surface area contributed by atoms with E-state index in [1.807, 2.05) is 11.8 Å². The summed E-state index contributed by atoms with van der Waals surface area (Å²) < 4.78 is 6.34. The molecule has 0 radical (unpaired) electrons. The number of β-amino-alcohol motifs (C(OH)–C–C–N with tert-alkyl or cyclic N) is 1. The second kappa shape index (κ2) is 5.48. The standard InChI is InChI=1S/C12H20N4O3/c1-3-16-10(13)9(12(18)19-2)11(14-16)15-6-4-5-8(17)7-15/h8,17H,3-7,13H2,1-2H3. The number of aryl methyl sites for hydroxylation is 1. The number of aliphatic hydroxyl groups excluding tert-OH is 1. The first-order valence-electron chi connectivity index (χ1n) is 6.46. The van der Waals surface area contributed by atoms with E-state index in [2.05, 4.69) is 5.10 Å². The minimum atomic E-state index is -0.493. The number of esters is 1. The lowest BCUT2D eigenvalue weighted by molar-refractivity contribution is 0.0602. The molecule has 106 valence electrons. The van der Waals surface area contributed by atoms with Crippen molar-refractivity contribution in [2.24, 2.45) is 0 Å². The molecule has 2 heterocycles. The maximum atomic E-state index is 11.9. The van der Waals surface area contributed by atoms with Gasteiger partial charge in [-0.2, -0.15) is 5.10 Å². The summed E-state index contributed by atoms with van der Waals surface area (Å²) >= 11 is 0. The van der Waals surface area contributed by atoms with Crippen LogP contribution in [0.2, 0.25) is 0 Å². The first-order valence-corrected chi connectivity index (χ1v) is 6.46. The number of hydrogen-bond donors (Lipinski definition) is 2. The molecule has 1 aliphatic rings. The molecule has 1 aromatic rings. The number of carbonyl (C=O) groups excluding carboxylic acids is 1. The van der Waals surface area contributed by atoms with Crippen molar-refractivity contribution in [2.45, 2.75) is 32.4 Å². The van der Waals surface area contributed by atoms with Crippen LogP contribution >= 0.6 is 0 Å². The van der Waals surface area contributed by atoms with Crippen LogP contribution in [0.1, 0.15) is 30.1 Å². The van der Waals surface area contributed by atoms with Crippen molar-refractivity contribution in [2.75, 3.05) is 30.8 Å². The molecule has 1 aliphatic heterocycles. The van der Waals surface area contributed by atoms with Crippen LogP contribution in [0.5, 0.6) is 0 Å². The fourth-order valence-electron chi connectivity index (χ4n) is 2.37. The van der Waals surface area contributed by atoms with Gasteiger partial charge in [-0.1, -0.05) is 0 Å². The zero-order valence-corrected chi connectivity index (χ0v) is 11.3. The molecule has 19 heavy (non-hydrogen) atoms. The van der Waals surface area contributed by atoms with Crippen LogP contribution in [0.25, 0.3) is 0 Å². The number of anilines is 2. The van der Waals surface area contributed by atoms with Crippen molar-refractivity contribution in [3.05, 3.63) is 5.56 Å². The van der Waals surface area contributed by atoms with E-state index < -0.39 is 12.1 Å². The second-order valence-electron chi connectivity index (χ2n) is 4.63. The average Bonchev–Trinajstić information content (AvgIpc) is 2.75. The molecular formula is C12H20N4O3. The van der Waals surface area contributed by atoms with Gasteiger partial charge in [0.05, 0.1) is 13.2 Å². The first-order chi connectivity index (χ1) is 9.08. The smallest absolute Gasteiger partial charge is 0.345 e. The number of nitrogens with two attached hydrogens (primary N) is 1. The number of nitrogens with zero attached hydrogens (tertiary/aromatic N) is 3. The van der Waals surface area contributed by atoms with Crippen molar-refractivity contribution < 1.29 is 14.6 Å². The highest BCUT2D eigenvalue weighted by Gasteiger charge is 2.29. The molecule has 0 saturated carbocycles. The van der Waals surface area contributed by atoms with Gasteiger partial charge in [0, 0.05) is 19.6 Å². The summed E-state index contributed by atoms with van der Waals surface area (Å²) in [5.41, 5.74) is 6.23. The van der Waals surface area contributed by atoms with E-state index >= 15 is 0 Å². The van der Waals surface area contributed by atoms with Crippen LogP contribution < -0.4 is 10.6 Å². The zero-order chi connectivity index (χ0) is 14.0. The Hall–Kier alpha value is -1.76. The highest BCUT2D eigenvalue weighted by molar-refractivity contribution is 5.99. The Labute approximate surface area is 111 Å². The first kappa shape index (κ1) is 13.7. The second-order valence-corrected chi connectivity index (χ2v) is 4.63. The number of carbonyl (C=O) groups is 1. The number of methoxy groups -OCH3 is 1. The normalized spacial score (nSPS) is 19.5. The van der Waals surface area contributed by atoms with Crippen LogP contribution in [0, 0.1) is 0 Å². The number of piperidine rings is 1. The Morgan fingerprint density at radius 3 is 2.95 bits per heavy atom. The molecule has 0 amide bonds. The Morgan fingerprint density at radius 2 is 2.37 bits per heavy atom. The van der Waals surface area contributed by atoms with Crippen LogP contribution in [-0.4, -0.2) is 47.2 Å². The van der Waals surface area contributed by atoms with E-state index in [0.29, 0.717) is 30.3 Å². The number of ether oxygens (including phenoxy) is 1. The summed E-state index contributed by atoms with van der Waals surface area (Å²) in [4.78, 5) is 13.8. The third-order valence-corrected chi connectivity index (χ3v) is 3.36. The van der Waals surface area contributed by atoms with Gasteiger partial charge in [-0.15, -0.1) is 0 Å². The van der Waals surface area contributed by atoms with E-state index in [4.69, 9.17) is 10.5 Å². The fraction of sp³-hybridized carbons (Fsp3) is 0.667. The molecule has 1 aromatic heterocycles. The minimum Gasteiger partial charge on any atom is -0.465 e. The Balaban J connectivity index is 2.40. The topological polar surface area (TPSA) is 93.6 Å². The zero-order valence-electron chi connectivity index (χ0n) is 11.3. The maximum Gasteiger partial charge on any atom is 0.345 e. The van der Waals surface area contributed by atoms with E-state index in [-0.39, 0.29) is 0 Å². The number of nitrogen functional groups attached to an aromatic ring is 1. The van der Waals surface area contributed by atoms with Crippen LogP contribution in [0.4, 0.5) is 11.6 Å². The molecule has 1 fully saturated rings. The van der Waals surface area contributed by atoms with Gasteiger partial charge in [0.25, 0.3) is 0 Å². The van der Waals surface area contributed by atoms with Gasteiger partial charge in [-0.05, 0) is 19.8 Å². The van der Waals surface area contributed by atoms with Gasteiger partial charge in [-0.3, -0.25) is 0 Å². The van der Waals surface area contributed by atoms with Crippen LogP contribution in [-0.2, 0) is 11.3 Å². The summed E-state index contributed by atoms with van der Waals surface area (Å²) in [6.07, 6.45) is 1.24. The third kappa shape index (κ3) is 2.51. The summed E-state index contributed by atoms with van der Waals surface area (Å²) in [6.45, 7) is 3.69. The maximum absolute atomic E-state index is 11.9. The molecule has 7 nitrogen and oxygen atoms in total. The lowest BCUT2D eigenvalue weighted by Gasteiger charge is -2.30. The third-order valence-electron chi connectivity index (χ3n) is 3.36. The molecular weight excluding hydrogens is 248 g/mol. The predicted octanol–water partition coefficient (Wildman–Crippen LogP) is 0.233. The molecule has 3 N–H and O–H groups in total. The summed E-state index contributed by atoms with van der Waals surface area (Å²) in [7, 11) is 1.32. The lowest BCUT2D eigenvalue weighted by atomic mass is 10.1. The minimum absolute atomic E-state index is 0.290. The van der Waals surface area contributed by atoms with Crippen molar-refractivity contribution in [1.29, 1.82) is 0 Å². The van der Waals surface area contributed by atoms with Crippen molar-refractivity contribution in [1.82, 2.24) is 9.78 Å². The van der Waals surface area contributed by atoms with Crippen LogP contribution in [0.3, 0.4) is 0 Å². The van der Waals surface area contributed by atoms with E-state index in [1.165, 1.54) is 7.11 Å². The van der Waals surface area contributed by atoms with E-state index in [0.717, 1.165) is 19.4 Å². The Bertz CT molecular complexity index is 472. The molecule has 0 bridgehead atoms. The molecule has 1 unspecified atom stereocenters. The average molecular weight is 268 g/mol. The Morgan fingerprint density at radius 1 is 1.63 bits per heavy atom. The van der Waals surface area contributed by atoms with Crippen LogP contribution in [0.15, 0.2) is 0 Å². The summed E-state index contributed by atoms with van der Waals surface area (Å²) in [5.74, 6) is 0.321. The van der Waals surface area contributed by atoms with Gasteiger partial charge in [0.2, 0.25) is 0 Å². The van der Waals surface area contributed by atoms with Gasteiger partial charge in [0.1, 0.15) is 11.4 Å². The lowest BCUT2D eigenvalue weighted by Crippen LogP contribution is -2.39. The van der Waals surface area contributed by atoms with Gasteiger partial charge < -0.3 is 20.5 Å². The summed E-state index contributed by atoms with van der Waals surface area (Å²) in [5, 5.41) is 14.1. The molecule has 1 atom stereocenters. The van der Waals surface area contributed by atoms with E-state index in [1.54, 1.807) is 4.68 Å². The number of aromatic nitrogens is 2. The highest BCUT2D eigenvalue weighted by Crippen LogP contribution is 2.28. The number of aliphatic hydroxyl groups is 1. The largest absolute Gasteiger partial charge is 0.465 e. The number of hydrogen-bond acceptors (Lipinski definition) is 6. The fourth-order valence-corrected chi connectivity index (χ4v) is 2.37. The molecule has 2 rings (SSSR count). The number of rotatable bonds is 3.